The maximum Gasteiger partial charge on any atom is 0.100 e. The molecule has 2 aliphatic carbocycles. The molecule has 0 aromatic carbocycles. The second kappa shape index (κ2) is 6.40. The molecule has 0 heterocycles. The first-order valence-corrected chi connectivity index (χ1v) is 7.55. The van der Waals surface area contributed by atoms with Gasteiger partial charge in [-0.05, 0) is 31.6 Å². The van der Waals surface area contributed by atoms with Crippen LogP contribution in [-0.4, -0.2) is 30.3 Å². The minimum atomic E-state index is 0.133. The van der Waals surface area contributed by atoms with Gasteiger partial charge in [0.1, 0.15) is 6.10 Å². The molecule has 2 aliphatic rings. The van der Waals surface area contributed by atoms with Crippen molar-refractivity contribution in [2.45, 2.75) is 76.1 Å². The van der Waals surface area contributed by atoms with Gasteiger partial charge < -0.3 is 9.47 Å². The summed E-state index contributed by atoms with van der Waals surface area (Å²) in [5.41, 5.74) is 0. The van der Waals surface area contributed by atoms with Crippen LogP contribution in [0.3, 0.4) is 0 Å². The van der Waals surface area contributed by atoms with Crippen molar-refractivity contribution >= 4 is 11.6 Å². The summed E-state index contributed by atoms with van der Waals surface area (Å²) in [5, 5.41) is 0.160. The lowest BCUT2D eigenvalue weighted by Gasteiger charge is -2.43. The lowest BCUT2D eigenvalue weighted by Crippen LogP contribution is -2.52. The van der Waals surface area contributed by atoms with E-state index in [2.05, 4.69) is 13.8 Å². The Morgan fingerprint density at radius 2 is 2.06 bits per heavy atom. The smallest absolute Gasteiger partial charge is 0.100 e. The van der Waals surface area contributed by atoms with E-state index >= 15 is 0 Å². The van der Waals surface area contributed by atoms with E-state index in [1.165, 1.54) is 25.7 Å². The summed E-state index contributed by atoms with van der Waals surface area (Å²) >= 11 is 6.19. The van der Waals surface area contributed by atoms with Crippen molar-refractivity contribution in [3.8, 4) is 0 Å². The van der Waals surface area contributed by atoms with Gasteiger partial charge in [-0.25, -0.2) is 0 Å². The molecule has 0 spiro atoms. The predicted octanol–water partition coefficient (Wildman–Crippen LogP) is 3.76. The van der Waals surface area contributed by atoms with E-state index in [0.717, 1.165) is 25.4 Å². The minimum Gasteiger partial charge on any atom is -0.374 e. The topological polar surface area (TPSA) is 18.5 Å². The molecule has 5 unspecified atom stereocenters. The maximum absolute atomic E-state index is 6.19. The van der Waals surface area contributed by atoms with Crippen LogP contribution in [0.2, 0.25) is 0 Å². The number of alkyl halides is 1. The van der Waals surface area contributed by atoms with Gasteiger partial charge in [0.15, 0.2) is 0 Å². The molecule has 0 radical (unpaired) electrons. The zero-order valence-corrected chi connectivity index (χ0v) is 11.8. The zero-order chi connectivity index (χ0) is 12.3. The Bertz CT molecular complexity index is 234. The second-order valence-electron chi connectivity index (χ2n) is 5.66. The molecular weight excluding hydrogens is 236 g/mol. The highest BCUT2D eigenvalue weighted by Crippen LogP contribution is 2.35. The van der Waals surface area contributed by atoms with Gasteiger partial charge >= 0.3 is 0 Å². The molecule has 0 aliphatic heterocycles. The van der Waals surface area contributed by atoms with Gasteiger partial charge in [-0.1, -0.05) is 26.7 Å². The molecule has 0 bridgehead atoms. The highest BCUT2D eigenvalue weighted by molar-refractivity contribution is 6.21. The van der Waals surface area contributed by atoms with Gasteiger partial charge in [-0.15, -0.1) is 11.6 Å². The van der Waals surface area contributed by atoms with Crippen molar-refractivity contribution in [2.24, 2.45) is 5.92 Å². The maximum atomic E-state index is 6.19. The van der Waals surface area contributed by atoms with Gasteiger partial charge in [0.05, 0.1) is 17.6 Å². The van der Waals surface area contributed by atoms with Gasteiger partial charge in [0.2, 0.25) is 0 Å². The van der Waals surface area contributed by atoms with Crippen molar-refractivity contribution < 1.29 is 9.47 Å². The van der Waals surface area contributed by atoms with Crippen LogP contribution in [0, 0.1) is 5.92 Å². The molecule has 3 heteroatoms. The summed E-state index contributed by atoms with van der Waals surface area (Å²) < 4.78 is 11.9. The van der Waals surface area contributed by atoms with Crippen LogP contribution in [0.1, 0.15) is 52.4 Å². The number of hydrogen-bond donors (Lipinski definition) is 0. The molecule has 100 valence electrons. The van der Waals surface area contributed by atoms with E-state index in [1.807, 2.05) is 0 Å². The van der Waals surface area contributed by atoms with Crippen LogP contribution in [0.4, 0.5) is 0 Å². The predicted molar refractivity (Wildman–Crippen MR) is 70.6 cm³/mol. The number of rotatable bonds is 5. The summed E-state index contributed by atoms with van der Waals surface area (Å²) in [7, 11) is 0. The van der Waals surface area contributed by atoms with Crippen LogP contribution in [-0.2, 0) is 9.47 Å². The second-order valence-corrected chi connectivity index (χ2v) is 6.22. The Morgan fingerprint density at radius 3 is 2.71 bits per heavy atom. The van der Waals surface area contributed by atoms with E-state index in [0.29, 0.717) is 6.10 Å². The fourth-order valence-electron chi connectivity index (χ4n) is 2.88. The van der Waals surface area contributed by atoms with Gasteiger partial charge in [0.25, 0.3) is 0 Å². The SMILES string of the molecule is CCCOC1C(Cl)CC1OC1CCCC(C)C1. The molecular formula is C14H25ClO2. The van der Waals surface area contributed by atoms with Crippen LogP contribution >= 0.6 is 11.6 Å². The van der Waals surface area contributed by atoms with E-state index < -0.39 is 0 Å². The average Bonchev–Trinajstić information content (AvgIpc) is 2.29. The van der Waals surface area contributed by atoms with Gasteiger partial charge in [-0.2, -0.15) is 0 Å². The Balaban J connectivity index is 1.74. The molecule has 2 saturated carbocycles. The van der Waals surface area contributed by atoms with Crippen molar-refractivity contribution in [2.75, 3.05) is 6.61 Å². The van der Waals surface area contributed by atoms with Crippen molar-refractivity contribution in [3.63, 3.8) is 0 Å². The molecule has 2 nitrogen and oxygen atoms in total. The van der Waals surface area contributed by atoms with Crippen molar-refractivity contribution in [1.29, 1.82) is 0 Å². The monoisotopic (exact) mass is 260 g/mol. The van der Waals surface area contributed by atoms with Gasteiger partial charge in [-0.3, -0.25) is 0 Å². The zero-order valence-electron chi connectivity index (χ0n) is 11.0. The first-order valence-electron chi connectivity index (χ1n) is 7.11. The largest absolute Gasteiger partial charge is 0.374 e. The molecule has 5 atom stereocenters. The third-order valence-electron chi connectivity index (χ3n) is 3.95. The summed E-state index contributed by atoms with van der Waals surface area (Å²) in [5.74, 6) is 0.815. The Morgan fingerprint density at radius 1 is 1.24 bits per heavy atom. The summed E-state index contributed by atoms with van der Waals surface area (Å²) in [4.78, 5) is 0. The lowest BCUT2D eigenvalue weighted by molar-refractivity contribution is -0.156. The van der Waals surface area contributed by atoms with Crippen molar-refractivity contribution in [3.05, 3.63) is 0 Å². The van der Waals surface area contributed by atoms with Gasteiger partial charge in [0, 0.05) is 6.61 Å². The van der Waals surface area contributed by atoms with Crippen LogP contribution in [0.15, 0.2) is 0 Å². The van der Waals surface area contributed by atoms with Crippen molar-refractivity contribution in [1.82, 2.24) is 0 Å². The quantitative estimate of drug-likeness (QED) is 0.701. The molecule has 0 saturated heterocycles. The molecule has 0 N–H and O–H groups in total. The summed E-state index contributed by atoms with van der Waals surface area (Å²) in [6.07, 6.45) is 7.93. The number of hydrogen-bond acceptors (Lipinski definition) is 2. The van der Waals surface area contributed by atoms with Crippen LogP contribution in [0.5, 0.6) is 0 Å². The fraction of sp³-hybridized carbons (Fsp3) is 1.00. The lowest BCUT2D eigenvalue weighted by atomic mass is 9.86. The average molecular weight is 261 g/mol. The number of ether oxygens (including phenoxy) is 2. The van der Waals surface area contributed by atoms with E-state index in [9.17, 15) is 0 Å². The fourth-order valence-corrected chi connectivity index (χ4v) is 3.29. The Kier molecular flexibility index (Phi) is 5.13. The van der Waals surface area contributed by atoms with E-state index in [1.54, 1.807) is 0 Å². The summed E-state index contributed by atoms with van der Waals surface area (Å²) in [6.45, 7) is 5.25. The summed E-state index contributed by atoms with van der Waals surface area (Å²) in [6, 6.07) is 0. The third-order valence-corrected chi connectivity index (χ3v) is 4.38. The van der Waals surface area contributed by atoms with E-state index in [4.69, 9.17) is 21.1 Å². The van der Waals surface area contributed by atoms with Crippen LogP contribution < -0.4 is 0 Å². The minimum absolute atomic E-state index is 0.133. The first kappa shape index (κ1) is 13.6. The van der Waals surface area contributed by atoms with E-state index in [-0.39, 0.29) is 17.6 Å². The molecule has 2 fully saturated rings. The molecule has 2 rings (SSSR count). The molecule has 0 amide bonds. The highest BCUT2D eigenvalue weighted by atomic mass is 35.5. The molecule has 0 aromatic heterocycles. The Hall–Kier alpha value is 0.210. The first-order chi connectivity index (χ1) is 8.20. The molecule has 0 aromatic rings. The highest BCUT2D eigenvalue weighted by Gasteiger charge is 2.43. The molecule has 17 heavy (non-hydrogen) atoms. The Labute approximate surface area is 110 Å². The standard InChI is InChI=1S/C14H25ClO2/c1-3-7-16-14-12(15)9-13(14)17-11-6-4-5-10(2)8-11/h10-14H,3-9H2,1-2H3. The van der Waals surface area contributed by atoms with Crippen LogP contribution in [0.25, 0.3) is 0 Å². The third kappa shape index (κ3) is 3.59. The normalized spacial score (nSPS) is 42.2. The number of halogens is 1.